The van der Waals surface area contributed by atoms with Gasteiger partial charge in [0.2, 0.25) is 0 Å². The Kier molecular flexibility index (Phi) is 5.98. The third-order valence-electron chi connectivity index (χ3n) is 3.12. The average molecular weight is 379 g/mol. The van der Waals surface area contributed by atoms with Gasteiger partial charge in [-0.05, 0) is 58.6 Å². The SMILES string of the molecule is Cc1ccc(C=NNC(=O)COc2ccc(C(C)C)cc2Br)o1. The number of hydrogen-bond acceptors (Lipinski definition) is 4. The van der Waals surface area contributed by atoms with Crippen LogP contribution in [-0.2, 0) is 4.79 Å². The molecule has 23 heavy (non-hydrogen) atoms. The van der Waals surface area contributed by atoms with Crippen LogP contribution in [-0.4, -0.2) is 18.7 Å². The fourth-order valence-corrected chi connectivity index (χ4v) is 2.37. The molecule has 1 N–H and O–H groups in total. The third kappa shape index (κ3) is 5.25. The van der Waals surface area contributed by atoms with E-state index in [4.69, 9.17) is 9.15 Å². The van der Waals surface area contributed by atoms with Crippen molar-refractivity contribution in [2.45, 2.75) is 26.7 Å². The predicted octanol–water partition coefficient (Wildman–Crippen LogP) is 4.00. The molecule has 6 heteroatoms. The first-order chi connectivity index (χ1) is 11.0. The number of benzene rings is 1. The van der Waals surface area contributed by atoms with Crippen LogP contribution in [0, 0.1) is 6.92 Å². The summed E-state index contributed by atoms with van der Waals surface area (Å²) >= 11 is 3.45. The molecule has 0 saturated carbocycles. The molecule has 0 bridgehead atoms. The van der Waals surface area contributed by atoms with Gasteiger partial charge in [0.05, 0.1) is 10.7 Å². The zero-order valence-corrected chi connectivity index (χ0v) is 14.9. The predicted molar refractivity (Wildman–Crippen MR) is 92.9 cm³/mol. The number of ether oxygens (including phenoxy) is 1. The maximum absolute atomic E-state index is 11.7. The number of rotatable bonds is 6. The molecule has 1 aromatic heterocycles. The summed E-state index contributed by atoms with van der Waals surface area (Å²) in [7, 11) is 0. The quantitative estimate of drug-likeness (QED) is 0.610. The number of nitrogens with one attached hydrogen (secondary N) is 1. The zero-order chi connectivity index (χ0) is 16.8. The van der Waals surface area contributed by atoms with Crippen LogP contribution in [0.5, 0.6) is 5.75 Å². The summed E-state index contributed by atoms with van der Waals surface area (Å²) in [4.78, 5) is 11.7. The van der Waals surface area contributed by atoms with Crippen LogP contribution in [0.2, 0.25) is 0 Å². The summed E-state index contributed by atoms with van der Waals surface area (Å²) in [6, 6.07) is 9.43. The van der Waals surface area contributed by atoms with Gasteiger partial charge in [-0.15, -0.1) is 0 Å². The highest BCUT2D eigenvalue weighted by Gasteiger charge is 2.07. The van der Waals surface area contributed by atoms with Crippen molar-refractivity contribution in [3.8, 4) is 5.75 Å². The molecule has 0 radical (unpaired) electrons. The summed E-state index contributed by atoms with van der Waals surface area (Å²) < 4.78 is 11.6. The van der Waals surface area contributed by atoms with Crippen LogP contribution >= 0.6 is 15.9 Å². The first-order valence-electron chi connectivity index (χ1n) is 7.26. The van der Waals surface area contributed by atoms with E-state index in [-0.39, 0.29) is 12.5 Å². The first kappa shape index (κ1) is 17.3. The van der Waals surface area contributed by atoms with Gasteiger partial charge in [0.15, 0.2) is 6.61 Å². The number of aryl methyl sites for hydroxylation is 1. The highest BCUT2D eigenvalue weighted by Crippen LogP contribution is 2.28. The highest BCUT2D eigenvalue weighted by molar-refractivity contribution is 9.10. The normalized spacial score (nSPS) is 11.2. The van der Waals surface area contributed by atoms with Crippen molar-refractivity contribution in [1.82, 2.24) is 5.43 Å². The van der Waals surface area contributed by atoms with Crippen LogP contribution in [0.3, 0.4) is 0 Å². The average Bonchev–Trinajstić information content (AvgIpc) is 2.91. The molecule has 122 valence electrons. The smallest absolute Gasteiger partial charge is 0.277 e. The minimum absolute atomic E-state index is 0.117. The maximum atomic E-state index is 11.7. The Morgan fingerprint density at radius 3 is 2.78 bits per heavy atom. The van der Waals surface area contributed by atoms with E-state index in [1.165, 1.54) is 11.8 Å². The Morgan fingerprint density at radius 2 is 2.17 bits per heavy atom. The van der Waals surface area contributed by atoms with Crippen LogP contribution in [0.15, 0.2) is 44.3 Å². The summed E-state index contributed by atoms with van der Waals surface area (Å²) in [5.74, 6) is 2.08. The lowest BCUT2D eigenvalue weighted by molar-refractivity contribution is -0.123. The molecular weight excluding hydrogens is 360 g/mol. The van der Waals surface area contributed by atoms with Gasteiger partial charge in [-0.25, -0.2) is 5.43 Å². The summed E-state index contributed by atoms with van der Waals surface area (Å²) in [5, 5.41) is 3.82. The van der Waals surface area contributed by atoms with Gasteiger partial charge in [0.25, 0.3) is 5.91 Å². The number of nitrogens with zero attached hydrogens (tertiary/aromatic N) is 1. The van der Waals surface area contributed by atoms with Crippen LogP contribution in [0.1, 0.15) is 36.8 Å². The van der Waals surface area contributed by atoms with Crippen molar-refractivity contribution in [3.05, 3.63) is 51.9 Å². The topological polar surface area (TPSA) is 63.8 Å². The van der Waals surface area contributed by atoms with Gasteiger partial charge in [-0.2, -0.15) is 5.10 Å². The number of amides is 1. The molecule has 2 aromatic rings. The largest absolute Gasteiger partial charge is 0.483 e. The van der Waals surface area contributed by atoms with Gasteiger partial charge in [0.1, 0.15) is 17.3 Å². The standard InChI is InChI=1S/C17H19BrN2O3/c1-11(2)13-5-7-16(15(18)8-13)22-10-17(21)20-19-9-14-6-4-12(3)23-14/h4-9,11H,10H2,1-3H3,(H,20,21). The zero-order valence-electron chi connectivity index (χ0n) is 13.3. The molecule has 1 aromatic carbocycles. The van der Waals surface area contributed by atoms with E-state index in [0.717, 1.165) is 10.2 Å². The number of halogens is 1. The molecule has 0 atom stereocenters. The van der Waals surface area contributed by atoms with Gasteiger partial charge in [-0.3, -0.25) is 4.79 Å². The summed E-state index contributed by atoms with van der Waals surface area (Å²) in [5.41, 5.74) is 3.59. The molecule has 0 aliphatic carbocycles. The second kappa shape index (κ2) is 7.97. The molecule has 0 spiro atoms. The molecule has 0 aliphatic rings. The number of hydrogen-bond donors (Lipinski definition) is 1. The molecule has 5 nitrogen and oxygen atoms in total. The lowest BCUT2D eigenvalue weighted by Gasteiger charge is -2.10. The highest BCUT2D eigenvalue weighted by atomic mass is 79.9. The van der Waals surface area contributed by atoms with Crippen molar-refractivity contribution >= 4 is 28.1 Å². The summed E-state index contributed by atoms with van der Waals surface area (Å²) in [6.45, 7) is 5.96. The number of carbonyl (C=O) groups excluding carboxylic acids is 1. The van der Waals surface area contributed by atoms with Crippen LogP contribution in [0.4, 0.5) is 0 Å². The maximum Gasteiger partial charge on any atom is 0.277 e. The second-order valence-electron chi connectivity index (χ2n) is 5.37. The number of furan rings is 1. The second-order valence-corrected chi connectivity index (χ2v) is 6.23. The fourth-order valence-electron chi connectivity index (χ4n) is 1.86. The van der Waals surface area contributed by atoms with Crippen LogP contribution < -0.4 is 10.2 Å². The molecule has 0 aliphatic heterocycles. The monoisotopic (exact) mass is 378 g/mol. The van der Waals surface area contributed by atoms with Gasteiger partial charge in [-0.1, -0.05) is 19.9 Å². The summed E-state index contributed by atoms with van der Waals surface area (Å²) in [6.07, 6.45) is 1.44. The fraction of sp³-hybridized carbons (Fsp3) is 0.294. The van der Waals surface area contributed by atoms with Gasteiger partial charge >= 0.3 is 0 Å². The number of hydrazone groups is 1. The van der Waals surface area contributed by atoms with Crippen molar-refractivity contribution in [2.75, 3.05) is 6.61 Å². The van der Waals surface area contributed by atoms with Gasteiger partial charge < -0.3 is 9.15 Å². The van der Waals surface area contributed by atoms with E-state index in [0.29, 0.717) is 17.4 Å². The van der Waals surface area contributed by atoms with Crippen molar-refractivity contribution in [1.29, 1.82) is 0 Å². The number of carbonyl (C=O) groups is 1. The van der Waals surface area contributed by atoms with E-state index < -0.39 is 0 Å². The lowest BCUT2D eigenvalue weighted by Crippen LogP contribution is -2.24. The Bertz CT molecular complexity index is 708. The van der Waals surface area contributed by atoms with E-state index in [1.54, 1.807) is 6.07 Å². The molecule has 1 heterocycles. The minimum atomic E-state index is -0.343. The molecule has 0 unspecified atom stereocenters. The van der Waals surface area contributed by atoms with Gasteiger partial charge in [0, 0.05) is 0 Å². The van der Waals surface area contributed by atoms with E-state index >= 15 is 0 Å². The molecule has 0 saturated heterocycles. The van der Waals surface area contributed by atoms with Crippen molar-refractivity contribution in [3.63, 3.8) is 0 Å². The lowest BCUT2D eigenvalue weighted by atomic mass is 10.0. The van der Waals surface area contributed by atoms with Crippen LogP contribution in [0.25, 0.3) is 0 Å². The third-order valence-corrected chi connectivity index (χ3v) is 3.74. The molecule has 1 amide bonds. The Hall–Kier alpha value is -2.08. The van der Waals surface area contributed by atoms with E-state index in [9.17, 15) is 4.79 Å². The first-order valence-corrected chi connectivity index (χ1v) is 8.05. The Morgan fingerprint density at radius 1 is 1.39 bits per heavy atom. The van der Waals surface area contributed by atoms with Crippen molar-refractivity contribution < 1.29 is 13.9 Å². The molecular formula is C17H19BrN2O3. The Labute approximate surface area is 143 Å². The minimum Gasteiger partial charge on any atom is -0.483 e. The molecule has 2 rings (SSSR count). The Balaban J connectivity index is 1.83. The van der Waals surface area contributed by atoms with E-state index in [2.05, 4.69) is 40.3 Å². The van der Waals surface area contributed by atoms with E-state index in [1.807, 2.05) is 31.2 Å². The molecule has 0 fully saturated rings. The van der Waals surface area contributed by atoms with Crippen molar-refractivity contribution in [2.24, 2.45) is 5.10 Å².